The number of carboxylic acids is 1. The van der Waals surface area contributed by atoms with Gasteiger partial charge in [0.1, 0.15) is 17.2 Å². The summed E-state index contributed by atoms with van der Waals surface area (Å²) in [5, 5.41) is 11.2. The van der Waals surface area contributed by atoms with Crippen LogP contribution in [0.15, 0.2) is 29.2 Å². The van der Waals surface area contributed by atoms with Crippen molar-refractivity contribution in [2.75, 3.05) is 18.1 Å². The number of halogens is 4. The number of nitrogen functional groups attached to an aromatic ring is 1. The molecule has 0 atom stereocenters. The fourth-order valence-corrected chi connectivity index (χ4v) is 3.01. The van der Waals surface area contributed by atoms with Crippen LogP contribution in [-0.2, 0) is 0 Å². The molecule has 0 radical (unpaired) electrons. The van der Waals surface area contributed by atoms with Crippen molar-refractivity contribution in [1.82, 2.24) is 4.57 Å². The molecule has 0 fully saturated rings. The first-order chi connectivity index (χ1) is 12.7. The van der Waals surface area contributed by atoms with Crippen molar-refractivity contribution in [2.45, 2.75) is 0 Å². The Hall–Kier alpha value is -3.20. The molecule has 0 bridgehead atoms. The van der Waals surface area contributed by atoms with Crippen molar-refractivity contribution >= 4 is 39.8 Å². The van der Waals surface area contributed by atoms with Crippen molar-refractivity contribution in [2.24, 2.45) is 0 Å². The first-order valence-corrected chi connectivity index (χ1v) is 7.78. The highest BCUT2D eigenvalue weighted by atomic mass is 35.5. The maximum Gasteiger partial charge on any atom is 0.341 e. The Balaban J connectivity index is 2.59. The van der Waals surface area contributed by atoms with Crippen LogP contribution in [0.1, 0.15) is 10.4 Å². The second-order valence-corrected chi connectivity index (χ2v) is 5.97. The normalized spacial score (nSPS) is 11.0. The predicted octanol–water partition coefficient (Wildman–Crippen LogP) is 3.38. The van der Waals surface area contributed by atoms with Gasteiger partial charge in [-0.1, -0.05) is 11.6 Å². The number of rotatable bonds is 3. The molecule has 140 valence electrons. The quantitative estimate of drug-likeness (QED) is 0.589. The summed E-state index contributed by atoms with van der Waals surface area (Å²) >= 11 is 5.95. The van der Waals surface area contributed by atoms with Crippen LogP contribution in [0, 0.1) is 17.5 Å². The summed E-state index contributed by atoms with van der Waals surface area (Å²) in [6.45, 7) is 0. The molecule has 0 amide bonds. The molecule has 6 nitrogen and oxygen atoms in total. The summed E-state index contributed by atoms with van der Waals surface area (Å²) in [7, 11) is 1.38. The number of hydrogen-bond donors (Lipinski definition) is 3. The largest absolute Gasteiger partial charge is 0.477 e. The molecular formula is C17H11ClF3N3O3. The lowest BCUT2D eigenvalue weighted by molar-refractivity contribution is 0.0695. The van der Waals surface area contributed by atoms with Crippen LogP contribution in [0.5, 0.6) is 0 Å². The van der Waals surface area contributed by atoms with Gasteiger partial charge in [0.05, 0.1) is 33.0 Å². The van der Waals surface area contributed by atoms with Crippen LogP contribution in [0.2, 0.25) is 5.02 Å². The zero-order chi connectivity index (χ0) is 20.0. The number of aromatic nitrogens is 1. The topological polar surface area (TPSA) is 97.4 Å². The number of benzene rings is 2. The molecule has 0 saturated carbocycles. The van der Waals surface area contributed by atoms with Crippen LogP contribution in [0.4, 0.5) is 24.5 Å². The van der Waals surface area contributed by atoms with E-state index in [-0.39, 0.29) is 10.7 Å². The lowest BCUT2D eigenvalue weighted by atomic mass is 10.1. The Morgan fingerprint density at radius 2 is 1.89 bits per heavy atom. The number of nitrogens with zero attached hydrogens (tertiary/aromatic N) is 1. The van der Waals surface area contributed by atoms with Crippen molar-refractivity contribution in [3.05, 3.63) is 62.7 Å². The van der Waals surface area contributed by atoms with E-state index in [2.05, 4.69) is 5.32 Å². The van der Waals surface area contributed by atoms with E-state index in [4.69, 9.17) is 17.3 Å². The molecule has 0 spiro atoms. The first-order valence-electron chi connectivity index (χ1n) is 7.40. The standard InChI is InChI=1S/C17H11ClF3N3O3/c1-23-14-8(18)2-6-15(13(14)21)24(5-7(16(6)25)17(26)27)12-4-11(22)9(19)3-10(12)20/h2-5,23H,22H2,1H3,(H,26,27). The summed E-state index contributed by atoms with van der Waals surface area (Å²) in [5.41, 5.74) is 2.19. The average Bonchev–Trinajstić information content (AvgIpc) is 2.59. The van der Waals surface area contributed by atoms with E-state index in [1.54, 1.807) is 0 Å². The average molecular weight is 398 g/mol. The first kappa shape index (κ1) is 18.6. The molecule has 1 heterocycles. The molecule has 1 aromatic heterocycles. The summed E-state index contributed by atoms with van der Waals surface area (Å²) < 4.78 is 43.7. The molecule has 3 rings (SSSR count). The SMILES string of the molecule is CNc1c(Cl)cc2c(=O)c(C(=O)O)cn(-c3cc(N)c(F)cc3F)c2c1F. The third-order valence-corrected chi connectivity index (χ3v) is 4.28. The third kappa shape index (κ3) is 2.85. The zero-order valence-corrected chi connectivity index (χ0v) is 14.4. The maximum atomic E-state index is 15.0. The van der Waals surface area contributed by atoms with Gasteiger partial charge in [-0.2, -0.15) is 0 Å². The number of aromatic carboxylic acids is 1. The Kier molecular flexibility index (Phi) is 4.48. The number of carboxylic acid groups (broad SMARTS) is 1. The molecule has 0 aliphatic rings. The van der Waals surface area contributed by atoms with Crippen molar-refractivity contribution < 1.29 is 23.1 Å². The van der Waals surface area contributed by atoms with Gasteiger partial charge in [0.15, 0.2) is 5.82 Å². The van der Waals surface area contributed by atoms with Gasteiger partial charge in [0.25, 0.3) is 0 Å². The Bertz CT molecular complexity index is 1180. The minimum atomic E-state index is -1.61. The Morgan fingerprint density at radius 3 is 2.48 bits per heavy atom. The molecule has 0 saturated heterocycles. The fraction of sp³-hybridized carbons (Fsp3) is 0.0588. The maximum absolute atomic E-state index is 15.0. The molecule has 0 unspecified atom stereocenters. The van der Waals surface area contributed by atoms with Crippen molar-refractivity contribution in [1.29, 1.82) is 0 Å². The summed E-state index contributed by atoms with van der Waals surface area (Å²) in [5.74, 6) is -4.81. The lowest BCUT2D eigenvalue weighted by Gasteiger charge is -2.17. The van der Waals surface area contributed by atoms with E-state index in [1.807, 2.05) is 0 Å². The molecule has 4 N–H and O–H groups in total. The monoisotopic (exact) mass is 397 g/mol. The Labute approximate surface area is 154 Å². The number of pyridine rings is 1. The second-order valence-electron chi connectivity index (χ2n) is 5.57. The van der Waals surface area contributed by atoms with Crippen LogP contribution in [0.3, 0.4) is 0 Å². The van der Waals surface area contributed by atoms with Gasteiger partial charge >= 0.3 is 5.97 Å². The van der Waals surface area contributed by atoms with E-state index in [0.29, 0.717) is 6.07 Å². The predicted molar refractivity (Wildman–Crippen MR) is 95.3 cm³/mol. The van der Waals surface area contributed by atoms with E-state index in [0.717, 1.165) is 22.9 Å². The van der Waals surface area contributed by atoms with Crippen LogP contribution in [-0.4, -0.2) is 22.7 Å². The van der Waals surface area contributed by atoms with E-state index < -0.39 is 56.7 Å². The summed E-state index contributed by atoms with van der Waals surface area (Å²) in [4.78, 5) is 23.9. The molecule has 27 heavy (non-hydrogen) atoms. The smallest absolute Gasteiger partial charge is 0.341 e. The third-order valence-electron chi connectivity index (χ3n) is 3.99. The number of hydrogen-bond acceptors (Lipinski definition) is 4. The van der Waals surface area contributed by atoms with Crippen LogP contribution < -0.4 is 16.5 Å². The molecular weight excluding hydrogens is 387 g/mol. The molecule has 10 heteroatoms. The minimum absolute atomic E-state index is 0.173. The fourth-order valence-electron chi connectivity index (χ4n) is 2.72. The second kappa shape index (κ2) is 6.51. The number of anilines is 2. The molecule has 0 aliphatic carbocycles. The number of fused-ring (bicyclic) bond motifs is 1. The molecule has 2 aromatic carbocycles. The molecule has 3 aromatic rings. The van der Waals surface area contributed by atoms with Gasteiger partial charge in [-0.25, -0.2) is 18.0 Å². The molecule has 0 aliphatic heterocycles. The van der Waals surface area contributed by atoms with Crippen LogP contribution in [0.25, 0.3) is 16.6 Å². The number of nitrogens with two attached hydrogens (primary N) is 1. The number of carbonyl (C=O) groups is 1. The van der Waals surface area contributed by atoms with Crippen molar-refractivity contribution in [3.63, 3.8) is 0 Å². The zero-order valence-electron chi connectivity index (χ0n) is 13.6. The Morgan fingerprint density at radius 1 is 1.22 bits per heavy atom. The van der Waals surface area contributed by atoms with Crippen LogP contribution >= 0.6 is 11.6 Å². The summed E-state index contributed by atoms with van der Waals surface area (Å²) in [6, 6.07) is 2.41. The summed E-state index contributed by atoms with van der Waals surface area (Å²) in [6.07, 6.45) is 0.749. The van der Waals surface area contributed by atoms with Crippen molar-refractivity contribution in [3.8, 4) is 5.69 Å². The van der Waals surface area contributed by atoms with Gasteiger partial charge in [-0.05, 0) is 12.1 Å². The van der Waals surface area contributed by atoms with Gasteiger partial charge in [0.2, 0.25) is 5.43 Å². The van der Waals surface area contributed by atoms with E-state index in [1.165, 1.54) is 7.05 Å². The highest BCUT2D eigenvalue weighted by molar-refractivity contribution is 6.34. The van der Waals surface area contributed by atoms with Gasteiger partial charge < -0.3 is 20.7 Å². The van der Waals surface area contributed by atoms with E-state index >= 15 is 4.39 Å². The highest BCUT2D eigenvalue weighted by Gasteiger charge is 2.23. The lowest BCUT2D eigenvalue weighted by Crippen LogP contribution is -2.20. The number of nitrogens with one attached hydrogen (secondary N) is 1. The minimum Gasteiger partial charge on any atom is -0.477 e. The highest BCUT2D eigenvalue weighted by Crippen LogP contribution is 2.33. The van der Waals surface area contributed by atoms with Gasteiger partial charge in [-0.3, -0.25) is 4.79 Å². The van der Waals surface area contributed by atoms with Gasteiger partial charge in [0, 0.05) is 19.3 Å². The van der Waals surface area contributed by atoms with E-state index in [9.17, 15) is 23.5 Å². The van der Waals surface area contributed by atoms with Gasteiger partial charge in [-0.15, -0.1) is 0 Å².